The zero-order valence-corrected chi connectivity index (χ0v) is 10.2. The van der Waals surface area contributed by atoms with Gasteiger partial charge in [0.05, 0.1) is 0 Å². The Morgan fingerprint density at radius 2 is 1.88 bits per heavy atom. The van der Waals surface area contributed by atoms with Crippen LogP contribution in [-0.2, 0) is 0 Å². The molecule has 16 heavy (non-hydrogen) atoms. The van der Waals surface area contributed by atoms with Crippen molar-refractivity contribution in [3.05, 3.63) is 30.1 Å². The van der Waals surface area contributed by atoms with E-state index in [1.54, 1.807) is 11.8 Å². The van der Waals surface area contributed by atoms with Gasteiger partial charge in [-0.15, -0.1) is 11.8 Å². The summed E-state index contributed by atoms with van der Waals surface area (Å²) in [6.45, 7) is 1.05. The molecular formula is C13H18FNS. The predicted molar refractivity (Wildman–Crippen MR) is 67.4 cm³/mol. The van der Waals surface area contributed by atoms with E-state index in [1.807, 2.05) is 12.1 Å². The summed E-state index contributed by atoms with van der Waals surface area (Å²) in [6.07, 6.45) is 5.42. The van der Waals surface area contributed by atoms with Crippen molar-refractivity contribution >= 4 is 11.8 Å². The van der Waals surface area contributed by atoms with E-state index in [9.17, 15) is 4.39 Å². The van der Waals surface area contributed by atoms with E-state index in [0.29, 0.717) is 0 Å². The Balaban J connectivity index is 1.62. The Hall–Kier alpha value is -0.540. The minimum atomic E-state index is -0.159. The number of rotatable bonds is 5. The molecule has 1 aromatic rings. The Labute approximate surface area is 101 Å². The number of thioether (sulfide) groups is 1. The highest BCUT2D eigenvalue weighted by molar-refractivity contribution is 7.99. The van der Waals surface area contributed by atoms with Crippen molar-refractivity contribution in [2.24, 2.45) is 0 Å². The average Bonchev–Trinajstić information content (AvgIpc) is 2.80. The predicted octanol–water partition coefficient (Wildman–Crippen LogP) is 3.45. The van der Waals surface area contributed by atoms with Crippen LogP contribution in [0.2, 0.25) is 0 Å². The summed E-state index contributed by atoms with van der Waals surface area (Å²) >= 11 is 1.78. The van der Waals surface area contributed by atoms with Crippen LogP contribution < -0.4 is 5.32 Å². The van der Waals surface area contributed by atoms with Crippen LogP contribution in [0.1, 0.15) is 25.7 Å². The van der Waals surface area contributed by atoms with E-state index in [0.717, 1.165) is 23.2 Å². The normalized spacial score (nSPS) is 16.8. The van der Waals surface area contributed by atoms with Crippen LogP contribution in [0.25, 0.3) is 0 Å². The van der Waals surface area contributed by atoms with Crippen molar-refractivity contribution in [2.75, 3.05) is 12.3 Å². The van der Waals surface area contributed by atoms with Crippen molar-refractivity contribution in [3.63, 3.8) is 0 Å². The highest BCUT2D eigenvalue weighted by Gasteiger charge is 2.13. The molecule has 0 amide bonds. The van der Waals surface area contributed by atoms with Gasteiger partial charge in [0, 0.05) is 23.2 Å². The number of hydrogen-bond acceptors (Lipinski definition) is 2. The second-order valence-corrected chi connectivity index (χ2v) is 5.41. The molecule has 1 aliphatic rings. The third-order valence-corrected chi connectivity index (χ3v) is 3.99. The Bertz CT molecular complexity index is 306. The molecule has 88 valence electrons. The molecule has 1 saturated carbocycles. The second-order valence-electron chi connectivity index (χ2n) is 4.24. The molecule has 0 aliphatic heterocycles. The molecule has 1 aliphatic carbocycles. The molecule has 1 fully saturated rings. The van der Waals surface area contributed by atoms with Gasteiger partial charge in [-0.2, -0.15) is 0 Å². The first-order valence-corrected chi connectivity index (χ1v) is 6.95. The lowest BCUT2D eigenvalue weighted by molar-refractivity contribution is 0.545. The summed E-state index contributed by atoms with van der Waals surface area (Å²) in [5.74, 6) is 0.899. The summed E-state index contributed by atoms with van der Waals surface area (Å²) in [7, 11) is 0. The fourth-order valence-corrected chi connectivity index (χ4v) is 2.88. The lowest BCUT2D eigenvalue weighted by atomic mass is 10.2. The number of halogens is 1. The Morgan fingerprint density at radius 1 is 1.19 bits per heavy atom. The number of nitrogens with one attached hydrogen (secondary N) is 1. The number of hydrogen-bond donors (Lipinski definition) is 1. The maximum atomic E-state index is 12.7. The van der Waals surface area contributed by atoms with Crippen LogP contribution in [0.5, 0.6) is 0 Å². The smallest absolute Gasteiger partial charge is 0.123 e. The van der Waals surface area contributed by atoms with Gasteiger partial charge < -0.3 is 5.32 Å². The molecule has 0 heterocycles. The van der Waals surface area contributed by atoms with Crippen molar-refractivity contribution < 1.29 is 4.39 Å². The summed E-state index contributed by atoms with van der Waals surface area (Å²) in [5.41, 5.74) is 0. The molecule has 0 saturated heterocycles. The van der Waals surface area contributed by atoms with Gasteiger partial charge in [0.2, 0.25) is 0 Å². The monoisotopic (exact) mass is 239 g/mol. The summed E-state index contributed by atoms with van der Waals surface area (Å²) in [6, 6.07) is 7.47. The van der Waals surface area contributed by atoms with Crippen LogP contribution in [0, 0.1) is 5.82 Å². The van der Waals surface area contributed by atoms with Crippen molar-refractivity contribution in [1.82, 2.24) is 5.32 Å². The quantitative estimate of drug-likeness (QED) is 0.624. The maximum absolute atomic E-state index is 12.7. The van der Waals surface area contributed by atoms with Crippen molar-refractivity contribution in [1.29, 1.82) is 0 Å². The molecule has 0 radical (unpaired) electrons. The van der Waals surface area contributed by atoms with Gasteiger partial charge in [0.25, 0.3) is 0 Å². The topological polar surface area (TPSA) is 12.0 Å². The van der Waals surface area contributed by atoms with Gasteiger partial charge in [-0.1, -0.05) is 12.8 Å². The highest BCUT2D eigenvalue weighted by Crippen LogP contribution is 2.19. The first kappa shape index (κ1) is 11.9. The molecule has 0 bridgehead atoms. The molecule has 2 rings (SSSR count). The first-order valence-electron chi connectivity index (χ1n) is 5.96. The molecular weight excluding hydrogens is 221 g/mol. The zero-order chi connectivity index (χ0) is 11.2. The van der Waals surface area contributed by atoms with Crippen LogP contribution >= 0.6 is 11.8 Å². The van der Waals surface area contributed by atoms with Crippen molar-refractivity contribution in [2.45, 2.75) is 36.6 Å². The Kier molecular flexibility index (Phi) is 4.67. The fourth-order valence-electron chi connectivity index (χ4n) is 2.09. The van der Waals surface area contributed by atoms with E-state index in [-0.39, 0.29) is 5.82 Å². The van der Waals surface area contributed by atoms with Gasteiger partial charge in [0.1, 0.15) is 5.82 Å². The maximum Gasteiger partial charge on any atom is 0.123 e. The van der Waals surface area contributed by atoms with E-state index in [2.05, 4.69) is 5.32 Å². The minimum absolute atomic E-state index is 0.159. The minimum Gasteiger partial charge on any atom is -0.313 e. The second kappa shape index (κ2) is 6.26. The molecule has 1 nitrogen and oxygen atoms in total. The van der Waals surface area contributed by atoms with Gasteiger partial charge >= 0.3 is 0 Å². The Morgan fingerprint density at radius 3 is 2.56 bits per heavy atom. The number of benzene rings is 1. The molecule has 0 aromatic heterocycles. The SMILES string of the molecule is Fc1ccc(SCCNC2CCCC2)cc1. The van der Waals surface area contributed by atoms with E-state index in [1.165, 1.54) is 37.8 Å². The fraction of sp³-hybridized carbons (Fsp3) is 0.538. The van der Waals surface area contributed by atoms with Crippen molar-refractivity contribution in [3.8, 4) is 0 Å². The molecule has 0 spiro atoms. The summed E-state index contributed by atoms with van der Waals surface area (Å²) < 4.78 is 12.7. The van der Waals surface area contributed by atoms with Crippen LogP contribution in [0.4, 0.5) is 4.39 Å². The lowest BCUT2D eigenvalue weighted by Crippen LogP contribution is -2.27. The standard InChI is InChI=1S/C13H18FNS/c14-11-5-7-13(8-6-11)16-10-9-15-12-3-1-2-4-12/h5-8,12,15H,1-4,9-10H2. The average molecular weight is 239 g/mol. The van der Waals surface area contributed by atoms with Gasteiger partial charge in [0.15, 0.2) is 0 Å². The van der Waals surface area contributed by atoms with Crippen LogP contribution in [-0.4, -0.2) is 18.3 Å². The van der Waals surface area contributed by atoms with E-state index >= 15 is 0 Å². The van der Waals surface area contributed by atoms with Gasteiger partial charge in [-0.25, -0.2) is 4.39 Å². The van der Waals surface area contributed by atoms with Crippen LogP contribution in [0.15, 0.2) is 29.2 Å². The summed E-state index contributed by atoms with van der Waals surface area (Å²) in [5, 5.41) is 3.57. The van der Waals surface area contributed by atoms with Crippen LogP contribution in [0.3, 0.4) is 0 Å². The molecule has 1 aromatic carbocycles. The zero-order valence-electron chi connectivity index (χ0n) is 9.42. The largest absolute Gasteiger partial charge is 0.313 e. The first-order chi connectivity index (χ1) is 7.84. The molecule has 3 heteroatoms. The highest BCUT2D eigenvalue weighted by atomic mass is 32.2. The molecule has 1 N–H and O–H groups in total. The molecule has 0 atom stereocenters. The third kappa shape index (κ3) is 3.80. The third-order valence-electron chi connectivity index (χ3n) is 2.97. The van der Waals surface area contributed by atoms with Gasteiger partial charge in [-0.3, -0.25) is 0 Å². The van der Waals surface area contributed by atoms with Gasteiger partial charge in [-0.05, 0) is 37.1 Å². The van der Waals surface area contributed by atoms with E-state index < -0.39 is 0 Å². The summed E-state index contributed by atoms with van der Waals surface area (Å²) in [4.78, 5) is 1.15. The van der Waals surface area contributed by atoms with E-state index in [4.69, 9.17) is 0 Å². The molecule has 0 unspecified atom stereocenters. The lowest BCUT2D eigenvalue weighted by Gasteiger charge is -2.10.